The fourth-order valence-corrected chi connectivity index (χ4v) is 5.28. The van der Waals surface area contributed by atoms with E-state index in [9.17, 15) is 4.79 Å². The van der Waals surface area contributed by atoms with Crippen molar-refractivity contribution in [3.63, 3.8) is 0 Å². The Kier molecular flexibility index (Phi) is 7.12. The first-order chi connectivity index (χ1) is 15.5. The Labute approximate surface area is 197 Å². The molecule has 6 heteroatoms. The van der Waals surface area contributed by atoms with E-state index in [-0.39, 0.29) is 5.91 Å². The molecule has 0 unspecified atom stereocenters. The van der Waals surface area contributed by atoms with Crippen LogP contribution in [0.5, 0.6) is 5.75 Å². The molecule has 3 aromatic carbocycles. The third-order valence-corrected chi connectivity index (χ3v) is 7.41. The van der Waals surface area contributed by atoms with E-state index < -0.39 is 0 Å². The zero-order valence-corrected chi connectivity index (χ0v) is 20.1. The van der Waals surface area contributed by atoms with Crippen LogP contribution < -0.4 is 9.64 Å². The minimum absolute atomic E-state index is 0.0855. The van der Waals surface area contributed by atoms with Crippen LogP contribution in [0.4, 0.5) is 5.13 Å². The van der Waals surface area contributed by atoms with Crippen molar-refractivity contribution in [1.29, 1.82) is 0 Å². The average molecular weight is 463 g/mol. The predicted molar refractivity (Wildman–Crippen MR) is 135 cm³/mol. The minimum atomic E-state index is 0.0855. The molecule has 0 fully saturated rings. The number of ether oxygens (including phenoxy) is 1. The van der Waals surface area contributed by atoms with E-state index in [1.807, 2.05) is 59.5 Å². The third kappa shape index (κ3) is 5.31. The quantitative estimate of drug-likeness (QED) is 0.275. The van der Waals surface area contributed by atoms with Gasteiger partial charge in [0.2, 0.25) is 5.91 Å². The summed E-state index contributed by atoms with van der Waals surface area (Å²) in [6.07, 6.45) is 0.442. The summed E-state index contributed by atoms with van der Waals surface area (Å²) in [4.78, 5) is 21.1. The van der Waals surface area contributed by atoms with Crippen LogP contribution in [0, 0.1) is 13.8 Å². The number of carbonyl (C=O) groups excluding carboxylic acids is 1. The molecule has 0 atom stereocenters. The van der Waals surface area contributed by atoms with Crippen molar-refractivity contribution in [1.82, 2.24) is 4.98 Å². The Bertz CT molecular complexity index is 1160. The molecule has 1 aromatic heterocycles. The highest BCUT2D eigenvalue weighted by molar-refractivity contribution is 7.99. The van der Waals surface area contributed by atoms with Gasteiger partial charge in [0.25, 0.3) is 0 Å². The maximum absolute atomic E-state index is 13.3. The van der Waals surface area contributed by atoms with Gasteiger partial charge in [-0.15, -0.1) is 11.8 Å². The number of rotatable bonds is 8. The van der Waals surface area contributed by atoms with E-state index in [2.05, 4.69) is 26.0 Å². The summed E-state index contributed by atoms with van der Waals surface area (Å²) >= 11 is 3.26. The zero-order valence-electron chi connectivity index (χ0n) is 18.5. The van der Waals surface area contributed by atoms with Crippen LogP contribution in [0.3, 0.4) is 0 Å². The maximum atomic E-state index is 13.3. The number of thiazole rings is 1. The van der Waals surface area contributed by atoms with Crippen molar-refractivity contribution in [3.8, 4) is 5.75 Å². The number of amides is 1. The molecular weight excluding hydrogens is 436 g/mol. The van der Waals surface area contributed by atoms with Crippen LogP contribution >= 0.6 is 23.1 Å². The lowest BCUT2D eigenvalue weighted by molar-refractivity contribution is -0.118. The smallest absolute Gasteiger partial charge is 0.229 e. The van der Waals surface area contributed by atoms with E-state index in [0.29, 0.717) is 18.7 Å². The van der Waals surface area contributed by atoms with Crippen molar-refractivity contribution >= 4 is 44.4 Å². The predicted octanol–water partition coefficient (Wildman–Crippen LogP) is 6.64. The molecule has 0 N–H and O–H groups in total. The number of hydrogen-bond acceptors (Lipinski definition) is 5. The highest BCUT2D eigenvalue weighted by Gasteiger charge is 2.20. The van der Waals surface area contributed by atoms with Crippen LogP contribution in [0.25, 0.3) is 10.2 Å². The van der Waals surface area contributed by atoms with Crippen molar-refractivity contribution < 1.29 is 9.53 Å². The number of aromatic nitrogens is 1. The van der Waals surface area contributed by atoms with Crippen molar-refractivity contribution in [3.05, 3.63) is 83.4 Å². The molecule has 0 aliphatic rings. The summed E-state index contributed by atoms with van der Waals surface area (Å²) in [7, 11) is 1.66. The van der Waals surface area contributed by atoms with Crippen LogP contribution in [0.15, 0.2) is 71.6 Å². The largest absolute Gasteiger partial charge is 0.497 e. The Morgan fingerprint density at radius 1 is 1.03 bits per heavy atom. The normalized spacial score (nSPS) is 11.0. The van der Waals surface area contributed by atoms with Crippen LogP contribution in [0.2, 0.25) is 0 Å². The molecule has 0 aliphatic heterocycles. The number of anilines is 1. The van der Waals surface area contributed by atoms with Crippen molar-refractivity contribution in [2.24, 2.45) is 0 Å². The van der Waals surface area contributed by atoms with Gasteiger partial charge >= 0.3 is 0 Å². The first-order valence-corrected chi connectivity index (χ1v) is 12.3. The van der Waals surface area contributed by atoms with Gasteiger partial charge in [-0.1, -0.05) is 41.7 Å². The Morgan fingerprint density at radius 3 is 2.47 bits per heavy atom. The van der Waals surface area contributed by atoms with Gasteiger partial charge in [-0.05, 0) is 66.9 Å². The fraction of sp³-hybridized carbons (Fsp3) is 0.231. The second-order valence-corrected chi connectivity index (χ2v) is 9.82. The standard InChI is InChI=1S/C26H26N2O2S2/c1-18-15-23-24(16-19(18)2)32-26(27-23)28(17-20-7-5-4-6-8-20)25(29)13-14-31-22-11-9-21(30-3)10-12-22/h4-12,15-16H,13-14,17H2,1-3H3. The van der Waals surface area contributed by atoms with Crippen LogP contribution in [-0.2, 0) is 11.3 Å². The summed E-state index contributed by atoms with van der Waals surface area (Å²) in [5.41, 5.74) is 4.50. The van der Waals surface area contributed by atoms with Gasteiger partial charge in [-0.25, -0.2) is 4.98 Å². The number of fused-ring (bicyclic) bond motifs is 1. The van der Waals surface area contributed by atoms with E-state index >= 15 is 0 Å². The summed E-state index contributed by atoms with van der Waals surface area (Å²) in [6, 6.07) is 22.3. The van der Waals surface area contributed by atoms with Gasteiger partial charge in [-0.2, -0.15) is 0 Å². The number of aryl methyl sites for hydroxylation is 2. The topological polar surface area (TPSA) is 42.4 Å². The van der Waals surface area contributed by atoms with Crippen LogP contribution in [-0.4, -0.2) is 23.8 Å². The Hall–Kier alpha value is -2.83. The number of methoxy groups -OCH3 is 1. The number of thioether (sulfide) groups is 1. The summed E-state index contributed by atoms with van der Waals surface area (Å²) in [6.45, 7) is 4.72. The molecule has 4 nitrogen and oxygen atoms in total. The SMILES string of the molecule is COc1ccc(SCCC(=O)N(Cc2ccccc2)c2nc3cc(C)c(C)cc3s2)cc1. The number of carbonyl (C=O) groups is 1. The molecular formula is C26H26N2O2S2. The molecule has 0 spiro atoms. The molecule has 1 heterocycles. The molecule has 32 heavy (non-hydrogen) atoms. The molecule has 0 aliphatic carbocycles. The molecule has 1 amide bonds. The number of hydrogen-bond donors (Lipinski definition) is 0. The summed E-state index contributed by atoms with van der Waals surface area (Å²) < 4.78 is 6.33. The monoisotopic (exact) mass is 462 g/mol. The van der Waals surface area contributed by atoms with Crippen LogP contribution in [0.1, 0.15) is 23.1 Å². The first-order valence-electron chi connectivity index (χ1n) is 10.5. The average Bonchev–Trinajstić information content (AvgIpc) is 3.21. The van der Waals surface area contributed by atoms with Gasteiger partial charge in [0.1, 0.15) is 5.75 Å². The molecule has 164 valence electrons. The second-order valence-electron chi connectivity index (χ2n) is 7.64. The molecule has 0 radical (unpaired) electrons. The van der Waals surface area contributed by atoms with Crippen molar-refractivity contribution in [2.75, 3.05) is 17.8 Å². The minimum Gasteiger partial charge on any atom is -0.497 e. The summed E-state index contributed by atoms with van der Waals surface area (Å²) in [5, 5.41) is 0.758. The van der Waals surface area contributed by atoms with E-state index in [0.717, 1.165) is 31.6 Å². The second kappa shape index (κ2) is 10.2. The lowest BCUT2D eigenvalue weighted by Gasteiger charge is -2.20. The van der Waals surface area contributed by atoms with E-state index in [1.54, 1.807) is 30.2 Å². The van der Waals surface area contributed by atoms with Crippen molar-refractivity contribution in [2.45, 2.75) is 31.7 Å². The molecule has 0 saturated heterocycles. The Morgan fingerprint density at radius 2 is 1.75 bits per heavy atom. The first kappa shape index (κ1) is 22.4. The molecule has 0 saturated carbocycles. The summed E-state index contributed by atoms with van der Waals surface area (Å²) in [5.74, 6) is 1.63. The van der Waals surface area contributed by atoms with E-state index in [4.69, 9.17) is 9.72 Å². The molecule has 0 bridgehead atoms. The van der Waals surface area contributed by atoms with Gasteiger partial charge in [0, 0.05) is 17.1 Å². The zero-order chi connectivity index (χ0) is 22.5. The van der Waals surface area contributed by atoms with Gasteiger partial charge in [-0.3, -0.25) is 9.69 Å². The van der Waals surface area contributed by atoms with Gasteiger partial charge in [0.15, 0.2) is 5.13 Å². The third-order valence-electron chi connectivity index (χ3n) is 5.35. The maximum Gasteiger partial charge on any atom is 0.229 e. The number of nitrogens with zero attached hydrogens (tertiary/aromatic N) is 2. The van der Waals surface area contributed by atoms with Gasteiger partial charge in [0.05, 0.1) is 23.9 Å². The number of benzene rings is 3. The fourth-order valence-electron chi connectivity index (χ4n) is 3.37. The highest BCUT2D eigenvalue weighted by atomic mass is 32.2. The lowest BCUT2D eigenvalue weighted by Crippen LogP contribution is -2.30. The lowest BCUT2D eigenvalue weighted by atomic mass is 10.1. The molecule has 4 aromatic rings. The highest BCUT2D eigenvalue weighted by Crippen LogP contribution is 2.32. The molecule has 4 rings (SSSR count). The van der Waals surface area contributed by atoms with Gasteiger partial charge < -0.3 is 4.74 Å². The van der Waals surface area contributed by atoms with E-state index in [1.165, 1.54) is 11.1 Å². The Balaban J connectivity index is 1.52.